The minimum Gasteiger partial charge on any atom is -0.371 e. The largest absolute Gasteiger partial charge is 0.371 e. The summed E-state index contributed by atoms with van der Waals surface area (Å²) in [5, 5.41) is 10.8. The molecule has 2 N–H and O–H groups in total. The Balaban J connectivity index is 1.44. The summed E-state index contributed by atoms with van der Waals surface area (Å²) < 4.78 is 10.8. The van der Waals surface area contributed by atoms with E-state index in [-0.39, 0.29) is 6.10 Å². The molecule has 1 aliphatic carbocycles. The molecule has 3 rings (SSSR count). The number of ether oxygens (including phenoxy) is 1. The van der Waals surface area contributed by atoms with Gasteiger partial charge in [0.05, 0.1) is 6.54 Å². The van der Waals surface area contributed by atoms with Gasteiger partial charge < -0.3 is 19.9 Å². The molecule has 8 heteroatoms. The van der Waals surface area contributed by atoms with Crippen molar-refractivity contribution in [3.05, 3.63) is 11.7 Å². The highest BCUT2D eigenvalue weighted by Gasteiger charge is 2.30. The Kier molecular flexibility index (Phi) is 6.85. The van der Waals surface area contributed by atoms with Gasteiger partial charge in [-0.25, -0.2) is 0 Å². The lowest BCUT2D eigenvalue weighted by atomic mass is 10.2. The molecule has 1 saturated heterocycles. The summed E-state index contributed by atoms with van der Waals surface area (Å²) in [6, 6.07) is 1.24. The Morgan fingerprint density at radius 1 is 1.38 bits per heavy atom. The maximum absolute atomic E-state index is 5.48. The summed E-state index contributed by atoms with van der Waals surface area (Å²) in [6.45, 7) is 7.22. The van der Waals surface area contributed by atoms with Crippen molar-refractivity contribution in [2.75, 3.05) is 26.7 Å². The van der Waals surface area contributed by atoms with E-state index < -0.39 is 0 Å². The molecule has 2 atom stereocenters. The number of guanidine groups is 1. The molecule has 0 bridgehead atoms. The molecule has 1 saturated carbocycles. The van der Waals surface area contributed by atoms with Gasteiger partial charge in [0.1, 0.15) is 6.10 Å². The van der Waals surface area contributed by atoms with E-state index in [1.165, 1.54) is 32.2 Å². The van der Waals surface area contributed by atoms with E-state index in [1.54, 1.807) is 7.05 Å². The van der Waals surface area contributed by atoms with Crippen molar-refractivity contribution >= 4 is 5.96 Å². The van der Waals surface area contributed by atoms with Crippen LogP contribution in [0.5, 0.6) is 0 Å². The summed E-state index contributed by atoms with van der Waals surface area (Å²) in [5.41, 5.74) is 0. The second-order valence-corrected chi connectivity index (χ2v) is 7.13. The van der Waals surface area contributed by atoms with Crippen molar-refractivity contribution in [2.45, 2.75) is 70.7 Å². The van der Waals surface area contributed by atoms with Gasteiger partial charge in [-0.15, -0.1) is 0 Å². The third kappa shape index (κ3) is 4.94. The molecule has 1 aromatic rings. The summed E-state index contributed by atoms with van der Waals surface area (Å²) in [4.78, 5) is 11.3. The Morgan fingerprint density at radius 3 is 2.92 bits per heavy atom. The first-order valence-electron chi connectivity index (χ1n) is 9.85. The monoisotopic (exact) mass is 364 g/mol. The first-order chi connectivity index (χ1) is 12.7. The van der Waals surface area contributed by atoms with Crippen molar-refractivity contribution in [3.63, 3.8) is 0 Å². The lowest BCUT2D eigenvalue weighted by Crippen LogP contribution is -2.45. The Labute approximate surface area is 155 Å². The first-order valence-corrected chi connectivity index (χ1v) is 9.85. The van der Waals surface area contributed by atoms with E-state index >= 15 is 0 Å². The van der Waals surface area contributed by atoms with E-state index in [4.69, 9.17) is 9.26 Å². The SMILES string of the molecule is CCOC(C)c1noc(CNC(=NC)NC2CCN(C3CCCC3)C2)n1. The van der Waals surface area contributed by atoms with E-state index in [0.29, 0.717) is 30.9 Å². The predicted molar refractivity (Wildman–Crippen MR) is 99.9 cm³/mol. The van der Waals surface area contributed by atoms with Gasteiger partial charge in [0.15, 0.2) is 11.8 Å². The van der Waals surface area contributed by atoms with Crippen LogP contribution in [-0.2, 0) is 11.3 Å². The van der Waals surface area contributed by atoms with Crippen LogP contribution in [0.3, 0.4) is 0 Å². The van der Waals surface area contributed by atoms with Gasteiger partial charge in [-0.3, -0.25) is 9.89 Å². The van der Waals surface area contributed by atoms with Crippen molar-refractivity contribution in [3.8, 4) is 0 Å². The number of rotatable bonds is 7. The molecule has 0 amide bonds. The lowest BCUT2D eigenvalue weighted by molar-refractivity contribution is 0.0683. The molecule has 26 heavy (non-hydrogen) atoms. The quantitative estimate of drug-likeness (QED) is 0.564. The van der Waals surface area contributed by atoms with Crippen LogP contribution in [0, 0.1) is 0 Å². The Morgan fingerprint density at radius 2 is 2.19 bits per heavy atom. The zero-order valence-corrected chi connectivity index (χ0v) is 16.2. The normalized spacial score (nSPS) is 23.5. The van der Waals surface area contributed by atoms with Crippen LogP contribution in [0.2, 0.25) is 0 Å². The fourth-order valence-electron chi connectivity index (χ4n) is 3.88. The maximum atomic E-state index is 5.48. The zero-order valence-electron chi connectivity index (χ0n) is 16.2. The summed E-state index contributed by atoms with van der Waals surface area (Å²) in [6.07, 6.45) is 6.50. The minimum absolute atomic E-state index is 0.157. The highest BCUT2D eigenvalue weighted by molar-refractivity contribution is 5.79. The van der Waals surface area contributed by atoms with Gasteiger partial charge in [0.2, 0.25) is 5.89 Å². The average Bonchev–Trinajstić information content (AvgIpc) is 3.39. The Bertz CT molecular complexity index is 584. The van der Waals surface area contributed by atoms with Crippen LogP contribution in [-0.4, -0.2) is 59.8 Å². The van der Waals surface area contributed by atoms with Crippen LogP contribution >= 0.6 is 0 Å². The second-order valence-electron chi connectivity index (χ2n) is 7.13. The molecule has 1 aromatic heterocycles. The fourth-order valence-corrected chi connectivity index (χ4v) is 3.88. The Hall–Kier alpha value is -1.67. The number of aliphatic imine (C=N–C) groups is 1. The minimum atomic E-state index is -0.157. The van der Waals surface area contributed by atoms with Gasteiger partial charge in [-0.1, -0.05) is 18.0 Å². The number of nitrogens with one attached hydrogen (secondary N) is 2. The molecule has 2 unspecified atom stereocenters. The van der Waals surface area contributed by atoms with E-state index in [9.17, 15) is 0 Å². The summed E-state index contributed by atoms with van der Waals surface area (Å²) in [7, 11) is 1.79. The number of aromatic nitrogens is 2. The zero-order chi connectivity index (χ0) is 18.4. The topological polar surface area (TPSA) is 87.8 Å². The lowest BCUT2D eigenvalue weighted by Gasteiger charge is -2.24. The van der Waals surface area contributed by atoms with E-state index in [1.807, 2.05) is 13.8 Å². The third-order valence-electron chi connectivity index (χ3n) is 5.30. The molecule has 2 aliphatic rings. The molecular weight excluding hydrogens is 332 g/mol. The molecule has 0 radical (unpaired) electrons. The third-order valence-corrected chi connectivity index (χ3v) is 5.30. The smallest absolute Gasteiger partial charge is 0.246 e. The first kappa shape index (κ1) is 19.1. The van der Waals surface area contributed by atoms with Crippen LogP contribution in [0.1, 0.15) is 63.8 Å². The van der Waals surface area contributed by atoms with Gasteiger partial charge in [0.25, 0.3) is 0 Å². The molecule has 0 aromatic carbocycles. The molecule has 0 spiro atoms. The molecule has 2 fully saturated rings. The standard InChI is InChI=1S/C18H32N6O2/c1-4-25-13(2)17-22-16(26-23-17)11-20-18(19-3)21-14-9-10-24(12-14)15-7-5-6-8-15/h13-15H,4-12H2,1-3H3,(H2,19,20,21). The highest BCUT2D eigenvalue weighted by atomic mass is 16.5. The van der Waals surface area contributed by atoms with Crippen LogP contribution in [0.4, 0.5) is 0 Å². The number of hydrogen-bond donors (Lipinski definition) is 2. The fraction of sp³-hybridized carbons (Fsp3) is 0.833. The number of likely N-dealkylation sites (tertiary alicyclic amines) is 1. The van der Waals surface area contributed by atoms with Crippen molar-refractivity contribution in [2.24, 2.45) is 4.99 Å². The molecule has 1 aliphatic heterocycles. The van der Waals surface area contributed by atoms with Crippen LogP contribution < -0.4 is 10.6 Å². The second kappa shape index (κ2) is 9.32. The molecule has 2 heterocycles. The van der Waals surface area contributed by atoms with Gasteiger partial charge in [-0.2, -0.15) is 4.98 Å². The van der Waals surface area contributed by atoms with E-state index in [2.05, 4.69) is 30.7 Å². The molecule has 8 nitrogen and oxygen atoms in total. The maximum Gasteiger partial charge on any atom is 0.246 e. The molecule has 146 valence electrons. The summed E-state index contributed by atoms with van der Waals surface area (Å²) in [5.74, 6) is 1.89. The van der Waals surface area contributed by atoms with Crippen LogP contribution in [0.15, 0.2) is 9.52 Å². The van der Waals surface area contributed by atoms with Gasteiger partial charge >= 0.3 is 0 Å². The van der Waals surface area contributed by atoms with Crippen molar-refractivity contribution in [1.29, 1.82) is 0 Å². The van der Waals surface area contributed by atoms with Gasteiger partial charge in [-0.05, 0) is 33.1 Å². The van der Waals surface area contributed by atoms with Crippen molar-refractivity contribution in [1.82, 2.24) is 25.7 Å². The number of nitrogens with zero attached hydrogens (tertiary/aromatic N) is 4. The highest BCUT2D eigenvalue weighted by Crippen LogP contribution is 2.26. The van der Waals surface area contributed by atoms with Crippen molar-refractivity contribution < 1.29 is 9.26 Å². The molecular formula is C18H32N6O2. The van der Waals surface area contributed by atoms with E-state index in [0.717, 1.165) is 25.0 Å². The van der Waals surface area contributed by atoms with Crippen LogP contribution in [0.25, 0.3) is 0 Å². The number of hydrogen-bond acceptors (Lipinski definition) is 6. The predicted octanol–water partition coefficient (Wildman–Crippen LogP) is 1.85. The summed E-state index contributed by atoms with van der Waals surface area (Å²) >= 11 is 0. The average molecular weight is 364 g/mol. The van der Waals surface area contributed by atoms with Gasteiger partial charge in [0, 0.05) is 38.8 Å².